The number of nitrogens with one attached hydrogen (secondary N) is 2. The molecule has 0 bridgehead atoms. The second-order valence-corrected chi connectivity index (χ2v) is 5.60. The molecule has 0 radical (unpaired) electrons. The maximum Gasteiger partial charge on any atom is 0.237 e. The van der Waals surface area contributed by atoms with Crippen molar-refractivity contribution in [2.45, 2.75) is 31.7 Å². The molecular formula is C16H20N4O2. The van der Waals surface area contributed by atoms with Gasteiger partial charge < -0.3 is 15.7 Å². The smallest absolute Gasteiger partial charge is 0.237 e. The Labute approximate surface area is 129 Å². The van der Waals surface area contributed by atoms with E-state index in [2.05, 4.69) is 27.9 Å². The van der Waals surface area contributed by atoms with Crippen molar-refractivity contribution < 1.29 is 9.90 Å². The van der Waals surface area contributed by atoms with Gasteiger partial charge >= 0.3 is 0 Å². The third-order valence-electron chi connectivity index (χ3n) is 3.77. The number of hydrogen-bond donors (Lipinski definition) is 3. The Morgan fingerprint density at radius 1 is 1.36 bits per heavy atom. The third kappa shape index (κ3) is 3.72. The van der Waals surface area contributed by atoms with Gasteiger partial charge in [-0.2, -0.15) is 5.10 Å². The molecule has 1 fully saturated rings. The Bertz CT molecular complexity index is 626. The summed E-state index contributed by atoms with van der Waals surface area (Å²) in [5, 5.41) is 19.6. The highest BCUT2D eigenvalue weighted by atomic mass is 16.3. The van der Waals surface area contributed by atoms with Gasteiger partial charge in [-0.3, -0.25) is 9.48 Å². The highest BCUT2D eigenvalue weighted by Gasteiger charge is 2.27. The second-order valence-electron chi connectivity index (χ2n) is 5.60. The van der Waals surface area contributed by atoms with E-state index in [-0.39, 0.29) is 11.9 Å². The van der Waals surface area contributed by atoms with Crippen LogP contribution in [0.3, 0.4) is 0 Å². The van der Waals surface area contributed by atoms with E-state index in [9.17, 15) is 9.90 Å². The van der Waals surface area contributed by atoms with Gasteiger partial charge in [-0.1, -0.05) is 30.3 Å². The molecule has 3 rings (SSSR count). The Morgan fingerprint density at radius 3 is 2.91 bits per heavy atom. The van der Waals surface area contributed by atoms with Crippen LogP contribution < -0.4 is 10.6 Å². The van der Waals surface area contributed by atoms with E-state index in [4.69, 9.17) is 0 Å². The maximum absolute atomic E-state index is 12.0. The van der Waals surface area contributed by atoms with Crippen molar-refractivity contribution in [3.63, 3.8) is 0 Å². The molecule has 0 spiro atoms. The monoisotopic (exact) mass is 300 g/mol. The summed E-state index contributed by atoms with van der Waals surface area (Å²) in [6, 6.07) is 9.81. The lowest BCUT2D eigenvalue weighted by Gasteiger charge is -2.09. The lowest BCUT2D eigenvalue weighted by molar-refractivity contribution is -0.123. The summed E-state index contributed by atoms with van der Waals surface area (Å²) in [7, 11) is 0. The van der Waals surface area contributed by atoms with E-state index >= 15 is 0 Å². The lowest BCUT2D eigenvalue weighted by Crippen LogP contribution is -2.39. The molecule has 6 nitrogen and oxygen atoms in total. The number of aromatic nitrogens is 2. The van der Waals surface area contributed by atoms with Gasteiger partial charge in [-0.15, -0.1) is 0 Å². The van der Waals surface area contributed by atoms with Crippen LogP contribution >= 0.6 is 0 Å². The average Bonchev–Trinajstić information content (AvgIpc) is 3.15. The molecule has 1 aliphatic heterocycles. The van der Waals surface area contributed by atoms with Gasteiger partial charge in [-0.25, -0.2) is 0 Å². The van der Waals surface area contributed by atoms with E-state index < -0.39 is 6.10 Å². The number of nitrogens with zero attached hydrogens (tertiary/aromatic N) is 2. The van der Waals surface area contributed by atoms with Gasteiger partial charge in [0.1, 0.15) is 0 Å². The van der Waals surface area contributed by atoms with Crippen molar-refractivity contribution in [2.24, 2.45) is 0 Å². The van der Waals surface area contributed by atoms with Gasteiger partial charge in [0.15, 0.2) is 0 Å². The number of benzene rings is 1. The fourth-order valence-corrected chi connectivity index (χ4v) is 2.58. The quantitative estimate of drug-likeness (QED) is 0.740. The van der Waals surface area contributed by atoms with Crippen molar-refractivity contribution in [1.82, 2.24) is 20.4 Å². The molecule has 0 saturated carbocycles. The standard InChI is InChI=1S/C16H20N4O2/c21-14-6-15(17-9-14)16(22)18-7-13-8-19-20(11-13)10-12-4-2-1-3-5-12/h1-5,8,11,14-15,17,21H,6-7,9-10H2,(H,18,22)/t14-,15-/m1/s1. The summed E-state index contributed by atoms with van der Waals surface area (Å²) in [5.41, 5.74) is 2.15. The molecule has 3 N–H and O–H groups in total. The molecule has 0 unspecified atom stereocenters. The molecule has 2 heterocycles. The number of carbonyl (C=O) groups is 1. The summed E-state index contributed by atoms with van der Waals surface area (Å²) in [5.74, 6) is -0.0765. The first-order valence-corrected chi connectivity index (χ1v) is 7.45. The normalized spacial score (nSPS) is 21.0. The van der Waals surface area contributed by atoms with Crippen LogP contribution in [0, 0.1) is 0 Å². The van der Waals surface area contributed by atoms with E-state index in [0.717, 1.165) is 5.56 Å². The minimum atomic E-state index is -0.427. The van der Waals surface area contributed by atoms with E-state index in [0.29, 0.717) is 26.1 Å². The van der Waals surface area contributed by atoms with Crippen LogP contribution in [0.15, 0.2) is 42.7 Å². The molecule has 1 amide bonds. The zero-order chi connectivity index (χ0) is 15.4. The van der Waals surface area contributed by atoms with E-state index in [1.807, 2.05) is 29.1 Å². The maximum atomic E-state index is 12.0. The Kier molecular flexibility index (Phi) is 4.50. The first kappa shape index (κ1) is 14.7. The number of hydrogen-bond acceptors (Lipinski definition) is 4. The number of β-amino-alcohol motifs (C(OH)–C–C–N with tert-alkyl or cyclic N) is 1. The number of carbonyl (C=O) groups excluding carboxylic acids is 1. The van der Waals surface area contributed by atoms with Crippen molar-refractivity contribution in [3.05, 3.63) is 53.9 Å². The molecule has 2 aromatic rings. The van der Waals surface area contributed by atoms with Gasteiger partial charge in [0.05, 0.1) is 24.9 Å². The van der Waals surface area contributed by atoms with Crippen LogP contribution in [-0.2, 0) is 17.9 Å². The minimum absolute atomic E-state index is 0.0765. The van der Waals surface area contributed by atoms with Crippen LogP contribution in [0.1, 0.15) is 17.5 Å². The van der Waals surface area contributed by atoms with Crippen molar-refractivity contribution in [2.75, 3.05) is 6.54 Å². The molecule has 116 valence electrons. The van der Waals surface area contributed by atoms with Gasteiger partial charge in [0.25, 0.3) is 0 Å². The molecule has 0 aliphatic carbocycles. The molecular weight excluding hydrogens is 280 g/mol. The fourth-order valence-electron chi connectivity index (χ4n) is 2.58. The predicted molar refractivity (Wildman–Crippen MR) is 82.0 cm³/mol. The molecule has 6 heteroatoms. The van der Waals surface area contributed by atoms with Crippen LogP contribution in [0.5, 0.6) is 0 Å². The SMILES string of the molecule is O=C(NCc1cnn(Cc2ccccc2)c1)[C@H]1C[C@@H](O)CN1. The zero-order valence-electron chi connectivity index (χ0n) is 12.3. The number of rotatable bonds is 5. The number of aliphatic hydroxyl groups is 1. The Morgan fingerprint density at radius 2 is 2.18 bits per heavy atom. The topological polar surface area (TPSA) is 79.2 Å². The number of aliphatic hydroxyl groups excluding tert-OH is 1. The summed E-state index contributed by atoms with van der Waals surface area (Å²) >= 11 is 0. The van der Waals surface area contributed by atoms with Crippen LogP contribution in [-0.4, -0.2) is 39.5 Å². The van der Waals surface area contributed by atoms with Crippen molar-refractivity contribution in [1.29, 1.82) is 0 Å². The summed E-state index contributed by atoms with van der Waals surface area (Å²) in [4.78, 5) is 12.0. The summed E-state index contributed by atoms with van der Waals surface area (Å²) < 4.78 is 1.86. The van der Waals surface area contributed by atoms with Crippen LogP contribution in [0.25, 0.3) is 0 Å². The van der Waals surface area contributed by atoms with Crippen molar-refractivity contribution >= 4 is 5.91 Å². The first-order valence-electron chi connectivity index (χ1n) is 7.45. The second kappa shape index (κ2) is 6.72. The van der Waals surface area contributed by atoms with E-state index in [1.165, 1.54) is 5.56 Å². The first-order chi connectivity index (χ1) is 10.7. The average molecular weight is 300 g/mol. The summed E-state index contributed by atoms with van der Waals surface area (Å²) in [6.07, 6.45) is 3.74. The van der Waals surface area contributed by atoms with Gasteiger partial charge in [-0.05, 0) is 12.0 Å². The Hall–Kier alpha value is -2.18. The van der Waals surface area contributed by atoms with Gasteiger partial charge in [0, 0.05) is 24.8 Å². The highest BCUT2D eigenvalue weighted by Crippen LogP contribution is 2.07. The molecule has 22 heavy (non-hydrogen) atoms. The van der Waals surface area contributed by atoms with E-state index in [1.54, 1.807) is 6.20 Å². The molecule has 1 saturated heterocycles. The Balaban J connectivity index is 1.50. The lowest BCUT2D eigenvalue weighted by atomic mass is 10.2. The number of amides is 1. The van der Waals surface area contributed by atoms with Crippen LogP contribution in [0.2, 0.25) is 0 Å². The van der Waals surface area contributed by atoms with Crippen molar-refractivity contribution in [3.8, 4) is 0 Å². The molecule has 1 aromatic carbocycles. The fraction of sp³-hybridized carbons (Fsp3) is 0.375. The zero-order valence-corrected chi connectivity index (χ0v) is 12.3. The summed E-state index contributed by atoms with van der Waals surface area (Å²) in [6.45, 7) is 1.64. The highest BCUT2D eigenvalue weighted by molar-refractivity contribution is 5.82. The molecule has 1 aromatic heterocycles. The molecule has 1 aliphatic rings. The minimum Gasteiger partial charge on any atom is -0.392 e. The molecule has 2 atom stereocenters. The predicted octanol–water partition coefficient (Wildman–Crippen LogP) is 0.270. The van der Waals surface area contributed by atoms with Crippen LogP contribution in [0.4, 0.5) is 0 Å². The largest absolute Gasteiger partial charge is 0.392 e. The van der Waals surface area contributed by atoms with Gasteiger partial charge in [0.2, 0.25) is 5.91 Å². The third-order valence-corrected chi connectivity index (χ3v) is 3.77.